The molecule has 0 bridgehead atoms. The van der Waals surface area contributed by atoms with Crippen LogP contribution >= 0.6 is 0 Å². The lowest BCUT2D eigenvalue weighted by molar-refractivity contribution is 0.412. The Morgan fingerprint density at radius 2 is 2.14 bits per heavy atom. The van der Waals surface area contributed by atoms with Gasteiger partial charge >= 0.3 is 0 Å². The summed E-state index contributed by atoms with van der Waals surface area (Å²) in [5.74, 6) is 0.720. The quantitative estimate of drug-likeness (QED) is 0.589. The van der Waals surface area contributed by atoms with Crippen molar-refractivity contribution in [3.8, 4) is 5.75 Å². The Hall–Kier alpha value is -1.71. The van der Waals surface area contributed by atoms with Gasteiger partial charge in [0.05, 0.1) is 14.2 Å². The van der Waals surface area contributed by atoms with Gasteiger partial charge in [0.15, 0.2) is 6.40 Å². The molecule has 0 radical (unpaired) electrons. The SMILES string of the molecule is CNc1ccc(OC)c(/N=C/OC)c1. The molecule has 0 aromatic heterocycles. The van der Waals surface area contributed by atoms with E-state index in [1.807, 2.05) is 25.2 Å². The van der Waals surface area contributed by atoms with Crippen LogP contribution in [0.3, 0.4) is 0 Å². The van der Waals surface area contributed by atoms with E-state index in [1.165, 1.54) is 6.40 Å². The first-order valence-electron chi connectivity index (χ1n) is 4.23. The summed E-state index contributed by atoms with van der Waals surface area (Å²) < 4.78 is 9.90. The maximum atomic E-state index is 5.14. The number of aliphatic imine (C=N–C) groups is 1. The van der Waals surface area contributed by atoms with Crippen LogP contribution in [-0.2, 0) is 4.74 Å². The zero-order valence-corrected chi connectivity index (χ0v) is 8.57. The van der Waals surface area contributed by atoms with Gasteiger partial charge in [0.1, 0.15) is 11.4 Å². The highest BCUT2D eigenvalue weighted by molar-refractivity contribution is 5.66. The number of ether oxygens (including phenoxy) is 2. The molecule has 0 saturated carbocycles. The van der Waals surface area contributed by atoms with Gasteiger partial charge in [0.25, 0.3) is 0 Å². The summed E-state index contributed by atoms with van der Waals surface area (Å²) >= 11 is 0. The summed E-state index contributed by atoms with van der Waals surface area (Å²) in [6, 6.07) is 5.66. The molecule has 0 amide bonds. The van der Waals surface area contributed by atoms with Gasteiger partial charge in [-0.1, -0.05) is 0 Å². The smallest absolute Gasteiger partial charge is 0.174 e. The Bertz CT molecular complexity index is 324. The lowest BCUT2D eigenvalue weighted by Crippen LogP contribution is -1.89. The molecule has 76 valence electrons. The van der Waals surface area contributed by atoms with Gasteiger partial charge in [-0.15, -0.1) is 0 Å². The topological polar surface area (TPSA) is 42.8 Å². The molecule has 1 aromatic rings. The Morgan fingerprint density at radius 1 is 1.36 bits per heavy atom. The Kier molecular flexibility index (Phi) is 3.79. The average Bonchev–Trinajstić information content (AvgIpc) is 2.25. The fraction of sp³-hybridized carbons (Fsp3) is 0.300. The second kappa shape index (κ2) is 5.11. The number of nitrogens with one attached hydrogen (secondary N) is 1. The largest absolute Gasteiger partial charge is 0.494 e. The van der Waals surface area contributed by atoms with Gasteiger partial charge in [0, 0.05) is 12.7 Å². The number of methoxy groups -OCH3 is 2. The molecule has 1 N–H and O–H groups in total. The molecule has 1 rings (SSSR count). The molecule has 4 heteroatoms. The number of anilines is 1. The predicted molar refractivity (Wildman–Crippen MR) is 57.7 cm³/mol. The fourth-order valence-corrected chi connectivity index (χ4v) is 1.06. The van der Waals surface area contributed by atoms with E-state index in [0.717, 1.165) is 17.1 Å². The van der Waals surface area contributed by atoms with Gasteiger partial charge in [-0.2, -0.15) is 0 Å². The van der Waals surface area contributed by atoms with Crippen molar-refractivity contribution in [2.24, 2.45) is 4.99 Å². The molecule has 0 saturated heterocycles. The highest BCUT2D eigenvalue weighted by Crippen LogP contribution is 2.29. The van der Waals surface area contributed by atoms with E-state index < -0.39 is 0 Å². The lowest BCUT2D eigenvalue weighted by Gasteiger charge is -2.06. The summed E-state index contributed by atoms with van der Waals surface area (Å²) in [6.07, 6.45) is 1.37. The molecule has 0 heterocycles. The van der Waals surface area contributed by atoms with E-state index in [2.05, 4.69) is 10.3 Å². The second-order valence-electron chi connectivity index (χ2n) is 2.61. The van der Waals surface area contributed by atoms with Crippen molar-refractivity contribution in [1.29, 1.82) is 0 Å². The Balaban J connectivity index is 3.02. The molecular formula is C10H14N2O2. The molecule has 0 atom stereocenters. The van der Waals surface area contributed by atoms with Crippen LogP contribution < -0.4 is 10.1 Å². The minimum atomic E-state index is 0.720. The van der Waals surface area contributed by atoms with E-state index in [9.17, 15) is 0 Å². The maximum absolute atomic E-state index is 5.14. The summed E-state index contributed by atoms with van der Waals surface area (Å²) in [4.78, 5) is 4.09. The van der Waals surface area contributed by atoms with Crippen LogP contribution in [0.15, 0.2) is 23.2 Å². The molecule has 4 nitrogen and oxygen atoms in total. The molecule has 0 aliphatic carbocycles. The molecule has 0 spiro atoms. The van der Waals surface area contributed by atoms with Gasteiger partial charge in [-0.05, 0) is 18.2 Å². The Labute approximate surface area is 83.6 Å². The third-order valence-corrected chi connectivity index (χ3v) is 1.76. The summed E-state index contributed by atoms with van der Waals surface area (Å²) in [5.41, 5.74) is 1.72. The van der Waals surface area contributed by atoms with Crippen molar-refractivity contribution in [3.05, 3.63) is 18.2 Å². The van der Waals surface area contributed by atoms with Crippen molar-refractivity contribution in [2.45, 2.75) is 0 Å². The van der Waals surface area contributed by atoms with Crippen LogP contribution in [-0.4, -0.2) is 27.7 Å². The van der Waals surface area contributed by atoms with E-state index in [4.69, 9.17) is 9.47 Å². The van der Waals surface area contributed by atoms with Crippen LogP contribution in [0.5, 0.6) is 5.75 Å². The summed E-state index contributed by atoms with van der Waals surface area (Å²) in [7, 11) is 5.02. The first-order valence-corrected chi connectivity index (χ1v) is 4.23. The summed E-state index contributed by atoms with van der Waals surface area (Å²) in [6.45, 7) is 0. The van der Waals surface area contributed by atoms with Gasteiger partial charge in [-0.3, -0.25) is 0 Å². The predicted octanol–water partition coefficient (Wildman–Crippen LogP) is 2.04. The molecule has 0 aliphatic heterocycles. The number of hydrogen-bond acceptors (Lipinski definition) is 4. The molecule has 0 unspecified atom stereocenters. The Morgan fingerprint density at radius 3 is 2.71 bits per heavy atom. The highest BCUT2D eigenvalue weighted by atomic mass is 16.5. The van der Waals surface area contributed by atoms with Crippen LogP contribution in [0.1, 0.15) is 0 Å². The van der Waals surface area contributed by atoms with E-state index in [0.29, 0.717) is 0 Å². The number of hydrogen-bond donors (Lipinski definition) is 1. The van der Waals surface area contributed by atoms with Gasteiger partial charge in [-0.25, -0.2) is 4.99 Å². The summed E-state index contributed by atoms with van der Waals surface area (Å²) in [5, 5.41) is 3.02. The van der Waals surface area contributed by atoms with Crippen molar-refractivity contribution in [2.75, 3.05) is 26.6 Å². The van der Waals surface area contributed by atoms with Gasteiger partial charge < -0.3 is 14.8 Å². The lowest BCUT2D eigenvalue weighted by atomic mass is 10.2. The first kappa shape index (κ1) is 10.4. The van der Waals surface area contributed by atoms with E-state index in [1.54, 1.807) is 14.2 Å². The monoisotopic (exact) mass is 194 g/mol. The van der Waals surface area contributed by atoms with Crippen LogP contribution in [0, 0.1) is 0 Å². The molecule has 0 fully saturated rings. The zero-order chi connectivity index (χ0) is 10.4. The molecule has 1 aromatic carbocycles. The van der Waals surface area contributed by atoms with Crippen molar-refractivity contribution in [3.63, 3.8) is 0 Å². The number of nitrogens with zero attached hydrogens (tertiary/aromatic N) is 1. The highest BCUT2D eigenvalue weighted by Gasteiger charge is 2.01. The van der Waals surface area contributed by atoms with Crippen molar-refractivity contribution >= 4 is 17.8 Å². The van der Waals surface area contributed by atoms with Crippen LogP contribution in [0.2, 0.25) is 0 Å². The van der Waals surface area contributed by atoms with Crippen LogP contribution in [0.25, 0.3) is 0 Å². The van der Waals surface area contributed by atoms with E-state index >= 15 is 0 Å². The van der Waals surface area contributed by atoms with E-state index in [-0.39, 0.29) is 0 Å². The van der Waals surface area contributed by atoms with Gasteiger partial charge in [0.2, 0.25) is 0 Å². The number of rotatable bonds is 4. The third-order valence-electron chi connectivity index (χ3n) is 1.76. The minimum Gasteiger partial charge on any atom is -0.494 e. The average molecular weight is 194 g/mol. The molecular weight excluding hydrogens is 180 g/mol. The second-order valence-corrected chi connectivity index (χ2v) is 2.61. The zero-order valence-electron chi connectivity index (χ0n) is 8.57. The first-order chi connectivity index (χ1) is 6.81. The maximum Gasteiger partial charge on any atom is 0.174 e. The third kappa shape index (κ3) is 2.39. The van der Waals surface area contributed by atoms with Crippen molar-refractivity contribution in [1.82, 2.24) is 0 Å². The fourth-order valence-electron chi connectivity index (χ4n) is 1.06. The normalized spacial score (nSPS) is 10.2. The van der Waals surface area contributed by atoms with Crippen LogP contribution in [0.4, 0.5) is 11.4 Å². The number of benzene rings is 1. The van der Waals surface area contributed by atoms with Crippen molar-refractivity contribution < 1.29 is 9.47 Å². The molecule has 0 aliphatic rings. The standard InChI is InChI=1S/C10H14N2O2/c1-11-8-4-5-10(14-3)9(6-8)12-7-13-2/h4-7,11H,1-3H3/b12-7+. The minimum absolute atomic E-state index is 0.720. The molecule has 14 heavy (non-hydrogen) atoms.